The molecule has 0 saturated carbocycles. The molecule has 1 aromatic rings. The molecule has 0 fully saturated rings. The quantitative estimate of drug-likeness (QED) is 0.814. The van der Waals surface area contributed by atoms with Gasteiger partial charge in [0.05, 0.1) is 0 Å². The molecule has 0 saturated heterocycles. The Kier molecular flexibility index (Phi) is 5.70. The molecule has 2 N–H and O–H groups in total. The smallest absolute Gasteiger partial charge is 0.0206 e. The molecule has 0 amide bonds. The lowest BCUT2D eigenvalue weighted by Crippen LogP contribution is -2.24. The molecule has 0 spiro atoms. The van der Waals surface area contributed by atoms with E-state index in [9.17, 15) is 0 Å². The van der Waals surface area contributed by atoms with Crippen molar-refractivity contribution in [2.45, 2.75) is 6.54 Å². The minimum atomic E-state index is 0.902. The zero-order chi connectivity index (χ0) is 10.4. The van der Waals surface area contributed by atoms with Crippen LogP contribution in [0.1, 0.15) is 5.56 Å². The predicted molar refractivity (Wildman–Crippen MR) is 67.5 cm³/mol. The van der Waals surface area contributed by atoms with Crippen molar-refractivity contribution in [3.63, 3.8) is 0 Å². The number of nitrogens with one attached hydrogen (secondary N) is 2. The Morgan fingerprint density at radius 3 is 2.29 bits per heavy atom. The van der Waals surface area contributed by atoms with Gasteiger partial charge in [-0.2, -0.15) is 0 Å². The summed E-state index contributed by atoms with van der Waals surface area (Å²) < 4.78 is 2.22. The van der Waals surface area contributed by atoms with Crippen LogP contribution in [0.3, 0.4) is 0 Å². The first-order valence-electron chi connectivity index (χ1n) is 4.52. The van der Waals surface area contributed by atoms with Gasteiger partial charge in [0.1, 0.15) is 0 Å². The molecular formula is C10H14Br2N2. The molecule has 78 valence electrons. The summed E-state index contributed by atoms with van der Waals surface area (Å²) in [5, 5.41) is 6.45. The molecule has 0 radical (unpaired) electrons. The van der Waals surface area contributed by atoms with E-state index in [0.29, 0.717) is 0 Å². The van der Waals surface area contributed by atoms with Crippen molar-refractivity contribution >= 4 is 31.9 Å². The van der Waals surface area contributed by atoms with Gasteiger partial charge >= 0.3 is 0 Å². The predicted octanol–water partition coefficient (Wildman–Crippen LogP) is 2.52. The first-order chi connectivity index (χ1) is 6.72. The van der Waals surface area contributed by atoms with Gasteiger partial charge in [-0.25, -0.2) is 0 Å². The SMILES string of the molecule is CNCCNCc1cc(Br)cc(Br)c1. The Balaban J connectivity index is 2.42. The molecule has 0 aliphatic carbocycles. The monoisotopic (exact) mass is 320 g/mol. The molecule has 0 unspecified atom stereocenters. The summed E-state index contributed by atoms with van der Waals surface area (Å²) in [5.74, 6) is 0. The highest BCUT2D eigenvalue weighted by molar-refractivity contribution is 9.11. The number of halogens is 2. The van der Waals surface area contributed by atoms with Gasteiger partial charge in [0.25, 0.3) is 0 Å². The Labute approximate surface area is 102 Å². The summed E-state index contributed by atoms with van der Waals surface area (Å²) in [6.45, 7) is 2.88. The van der Waals surface area contributed by atoms with E-state index in [1.165, 1.54) is 5.56 Å². The van der Waals surface area contributed by atoms with E-state index in [2.05, 4.69) is 54.6 Å². The van der Waals surface area contributed by atoms with Gasteiger partial charge in [-0.05, 0) is 30.8 Å². The average Bonchev–Trinajstić information content (AvgIpc) is 2.11. The fourth-order valence-electron chi connectivity index (χ4n) is 1.16. The van der Waals surface area contributed by atoms with Crippen LogP contribution in [0.5, 0.6) is 0 Å². The zero-order valence-electron chi connectivity index (χ0n) is 8.11. The molecule has 0 atom stereocenters. The molecule has 0 heterocycles. The van der Waals surface area contributed by atoms with Crippen molar-refractivity contribution in [1.29, 1.82) is 0 Å². The molecule has 1 rings (SSSR count). The van der Waals surface area contributed by atoms with Crippen molar-refractivity contribution in [1.82, 2.24) is 10.6 Å². The fourth-order valence-corrected chi connectivity index (χ4v) is 2.55. The number of rotatable bonds is 5. The highest BCUT2D eigenvalue weighted by Gasteiger charge is 1.96. The van der Waals surface area contributed by atoms with E-state index >= 15 is 0 Å². The molecule has 0 aliphatic heterocycles. The van der Waals surface area contributed by atoms with Gasteiger partial charge < -0.3 is 10.6 Å². The van der Waals surface area contributed by atoms with Crippen molar-refractivity contribution in [2.75, 3.05) is 20.1 Å². The Bertz CT molecular complexity index is 269. The first-order valence-corrected chi connectivity index (χ1v) is 6.11. The van der Waals surface area contributed by atoms with E-state index in [0.717, 1.165) is 28.6 Å². The Morgan fingerprint density at radius 1 is 1.07 bits per heavy atom. The Hall–Kier alpha value is 0.1000. The van der Waals surface area contributed by atoms with Crippen LogP contribution in [0.25, 0.3) is 0 Å². The number of hydrogen-bond acceptors (Lipinski definition) is 2. The van der Waals surface area contributed by atoms with Gasteiger partial charge in [0.15, 0.2) is 0 Å². The summed E-state index contributed by atoms with van der Waals surface area (Å²) in [6, 6.07) is 6.28. The number of likely N-dealkylation sites (N-methyl/N-ethyl adjacent to an activating group) is 1. The highest BCUT2D eigenvalue weighted by Crippen LogP contribution is 2.19. The molecule has 0 bridgehead atoms. The van der Waals surface area contributed by atoms with Gasteiger partial charge in [-0.15, -0.1) is 0 Å². The van der Waals surface area contributed by atoms with Crippen molar-refractivity contribution < 1.29 is 0 Å². The van der Waals surface area contributed by atoms with E-state index in [1.807, 2.05) is 13.1 Å². The van der Waals surface area contributed by atoms with Crippen LogP contribution < -0.4 is 10.6 Å². The maximum atomic E-state index is 3.47. The molecule has 14 heavy (non-hydrogen) atoms. The summed E-state index contributed by atoms with van der Waals surface area (Å²) in [7, 11) is 1.96. The highest BCUT2D eigenvalue weighted by atomic mass is 79.9. The van der Waals surface area contributed by atoms with Crippen molar-refractivity contribution in [3.05, 3.63) is 32.7 Å². The summed E-state index contributed by atoms with van der Waals surface area (Å²) >= 11 is 6.93. The third-order valence-electron chi connectivity index (χ3n) is 1.80. The van der Waals surface area contributed by atoms with Crippen molar-refractivity contribution in [2.24, 2.45) is 0 Å². The lowest BCUT2D eigenvalue weighted by atomic mass is 10.2. The lowest BCUT2D eigenvalue weighted by Gasteiger charge is -2.05. The summed E-state index contributed by atoms with van der Waals surface area (Å²) in [4.78, 5) is 0. The molecule has 1 aromatic carbocycles. The molecule has 0 aromatic heterocycles. The summed E-state index contributed by atoms with van der Waals surface area (Å²) in [5.41, 5.74) is 1.28. The van der Waals surface area contributed by atoms with Crippen LogP contribution in [0.15, 0.2) is 27.1 Å². The third-order valence-corrected chi connectivity index (χ3v) is 2.72. The maximum absolute atomic E-state index is 3.47. The minimum absolute atomic E-state index is 0.902. The second-order valence-corrected chi connectivity index (χ2v) is 4.89. The van der Waals surface area contributed by atoms with Gasteiger partial charge in [0, 0.05) is 28.6 Å². The minimum Gasteiger partial charge on any atom is -0.318 e. The molecule has 4 heteroatoms. The van der Waals surface area contributed by atoms with E-state index in [1.54, 1.807) is 0 Å². The van der Waals surface area contributed by atoms with Gasteiger partial charge in [0.2, 0.25) is 0 Å². The van der Waals surface area contributed by atoms with E-state index in [4.69, 9.17) is 0 Å². The van der Waals surface area contributed by atoms with Crippen LogP contribution in [0.4, 0.5) is 0 Å². The maximum Gasteiger partial charge on any atom is 0.0206 e. The van der Waals surface area contributed by atoms with Crippen molar-refractivity contribution in [3.8, 4) is 0 Å². The molecule has 0 aliphatic rings. The number of benzene rings is 1. The normalized spacial score (nSPS) is 10.5. The number of hydrogen-bond donors (Lipinski definition) is 2. The van der Waals surface area contributed by atoms with Gasteiger partial charge in [-0.3, -0.25) is 0 Å². The van der Waals surface area contributed by atoms with Gasteiger partial charge in [-0.1, -0.05) is 31.9 Å². The second kappa shape index (κ2) is 6.56. The topological polar surface area (TPSA) is 24.1 Å². The third kappa shape index (κ3) is 4.55. The fraction of sp³-hybridized carbons (Fsp3) is 0.400. The van der Waals surface area contributed by atoms with E-state index in [-0.39, 0.29) is 0 Å². The van der Waals surface area contributed by atoms with E-state index < -0.39 is 0 Å². The van der Waals surface area contributed by atoms with Crippen LogP contribution in [0.2, 0.25) is 0 Å². The second-order valence-electron chi connectivity index (χ2n) is 3.06. The molecule has 2 nitrogen and oxygen atoms in total. The zero-order valence-corrected chi connectivity index (χ0v) is 11.3. The average molecular weight is 322 g/mol. The standard InChI is InChI=1S/C10H14Br2N2/c1-13-2-3-14-7-8-4-9(11)6-10(12)5-8/h4-6,13-14H,2-3,7H2,1H3. The first kappa shape index (κ1) is 12.2. The van der Waals surface area contributed by atoms with Crippen LogP contribution in [-0.4, -0.2) is 20.1 Å². The Morgan fingerprint density at radius 2 is 1.71 bits per heavy atom. The van der Waals surface area contributed by atoms with Crippen LogP contribution >= 0.6 is 31.9 Å². The lowest BCUT2D eigenvalue weighted by molar-refractivity contribution is 0.650. The largest absolute Gasteiger partial charge is 0.318 e. The van der Waals surface area contributed by atoms with Crippen LogP contribution in [-0.2, 0) is 6.54 Å². The van der Waals surface area contributed by atoms with Crippen LogP contribution in [0, 0.1) is 0 Å². The molecular weight excluding hydrogens is 308 g/mol. The summed E-state index contributed by atoms with van der Waals surface area (Å²) in [6.07, 6.45) is 0.